The minimum absolute atomic E-state index is 0.495. The van der Waals surface area contributed by atoms with Gasteiger partial charge in [0.25, 0.3) is 0 Å². The van der Waals surface area contributed by atoms with Gasteiger partial charge in [0.2, 0.25) is 5.89 Å². The van der Waals surface area contributed by atoms with Crippen LogP contribution in [0.4, 0.5) is 0 Å². The van der Waals surface area contributed by atoms with E-state index in [0.717, 1.165) is 15.6 Å². The molecule has 1 heterocycles. The van der Waals surface area contributed by atoms with Gasteiger partial charge < -0.3 is 10.2 Å². The van der Waals surface area contributed by atoms with Crippen LogP contribution in [0.15, 0.2) is 39.5 Å². The number of hydrogen-bond donors (Lipinski definition) is 1. The van der Waals surface area contributed by atoms with Gasteiger partial charge in [0, 0.05) is 16.6 Å². The number of oxazole rings is 1. The van der Waals surface area contributed by atoms with Gasteiger partial charge in [0.15, 0.2) is 0 Å². The van der Waals surface area contributed by atoms with E-state index in [-0.39, 0.29) is 0 Å². The molecule has 0 bridgehead atoms. The van der Waals surface area contributed by atoms with Crippen molar-refractivity contribution in [2.75, 3.05) is 0 Å². The van der Waals surface area contributed by atoms with E-state index < -0.39 is 0 Å². The summed E-state index contributed by atoms with van der Waals surface area (Å²) in [7, 11) is 0. The molecule has 0 aliphatic carbocycles. The number of halogens is 1. The molecular formula is C10H9BrN2O. The molecule has 0 fully saturated rings. The average Bonchev–Trinajstić information content (AvgIpc) is 2.71. The van der Waals surface area contributed by atoms with E-state index in [4.69, 9.17) is 10.2 Å². The van der Waals surface area contributed by atoms with E-state index in [1.165, 1.54) is 0 Å². The number of hydrogen-bond acceptors (Lipinski definition) is 3. The zero-order valence-electron chi connectivity index (χ0n) is 7.40. The minimum Gasteiger partial charge on any atom is -0.445 e. The SMILES string of the molecule is NCc1cc(-c2ncco2)ccc1Br. The molecule has 72 valence electrons. The number of rotatable bonds is 2. The van der Waals surface area contributed by atoms with E-state index in [1.807, 2.05) is 18.2 Å². The third-order valence-electron chi connectivity index (χ3n) is 1.94. The highest BCUT2D eigenvalue weighted by Crippen LogP contribution is 2.23. The Kier molecular flexibility index (Phi) is 2.65. The normalized spacial score (nSPS) is 10.4. The van der Waals surface area contributed by atoms with Crippen LogP contribution < -0.4 is 5.73 Å². The molecule has 1 aromatic carbocycles. The Hall–Kier alpha value is -1.13. The van der Waals surface area contributed by atoms with Gasteiger partial charge >= 0.3 is 0 Å². The fraction of sp³-hybridized carbons (Fsp3) is 0.100. The third-order valence-corrected chi connectivity index (χ3v) is 2.72. The Labute approximate surface area is 90.1 Å². The van der Waals surface area contributed by atoms with Gasteiger partial charge in [0.05, 0.1) is 6.20 Å². The minimum atomic E-state index is 0.495. The number of nitrogens with zero attached hydrogens (tertiary/aromatic N) is 1. The van der Waals surface area contributed by atoms with Crippen molar-refractivity contribution in [1.29, 1.82) is 0 Å². The first-order chi connectivity index (χ1) is 6.81. The summed E-state index contributed by atoms with van der Waals surface area (Å²) in [6.45, 7) is 0.495. The zero-order valence-corrected chi connectivity index (χ0v) is 8.99. The van der Waals surface area contributed by atoms with E-state index >= 15 is 0 Å². The quantitative estimate of drug-likeness (QED) is 0.894. The van der Waals surface area contributed by atoms with E-state index in [0.29, 0.717) is 12.4 Å². The Morgan fingerprint density at radius 3 is 2.93 bits per heavy atom. The summed E-state index contributed by atoms with van der Waals surface area (Å²) in [5.41, 5.74) is 7.58. The summed E-state index contributed by atoms with van der Waals surface area (Å²) < 4.78 is 6.20. The van der Waals surface area contributed by atoms with Gasteiger partial charge in [-0.25, -0.2) is 4.98 Å². The van der Waals surface area contributed by atoms with Crippen molar-refractivity contribution >= 4 is 15.9 Å². The molecule has 0 atom stereocenters. The van der Waals surface area contributed by atoms with Crippen molar-refractivity contribution < 1.29 is 4.42 Å². The second-order valence-electron chi connectivity index (χ2n) is 2.85. The van der Waals surface area contributed by atoms with Crippen molar-refractivity contribution in [3.8, 4) is 11.5 Å². The van der Waals surface area contributed by atoms with Gasteiger partial charge in [-0.15, -0.1) is 0 Å². The second kappa shape index (κ2) is 3.94. The molecule has 2 aromatic rings. The number of nitrogens with two attached hydrogens (primary N) is 1. The molecule has 0 saturated heterocycles. The number of benzene rings is 1. The molecule has 3 nitrogen and oxygen atoms in total. The maximum atomic E-state index is 5.59. The maximum Gasteiger partial charge on any atom is 0.225 e. The van der Waals surface area contributed by atoms with Gasteiger partial charge in [-0.1, -0.05) is 15.9 Å². The van der Waals surface area contributed by atoms with Crippen LogP contribution in [0.1, 0.15) is 5.56 Å². The Bertz CT molecular complexity index is 426. The molecule has 0 amide bonds. The first kappa shape index (κ1) is 9.43. The molecule has 2 rings (SSSR count). The van der Waals surface area contributed by atoms with E-state index in [1.54, 1.807) is 12.5 Å². The van der Waals surface area contributed by atoms with Crippen molar-refractivity contribution in [2.45, 2.75) is 6.54 Å². The molecule has 0 spiro atoms. The van der Waals surface area contributed by atoms with Crippen LogP contribution >= 0.6 is 15.9 Å². The molecule has 0 radical (unpaired) electrons. The summed E-state index contributed by atoms with van der Waals surface area (Å²) in [5.74, 6) is 0.618. The van der Waals surface area contributed by atoms with Gasteiger partial charge in [-0.3, -0.25) is 0 Å². The smallest absolute Gasteiger partial charge is 0.225 e. The Morgan fingerprint density at radius 1 is 1.43 bits per heavy atom. The van der Waals surface area contributed by atoms with Crippen LogP contribution in [0.3, 0.4) is 0 Å². The standard InChI is InChI=1S/C10H9BrN2O/c11-9-2-1-7(5-8(9)6-12)10-13-3-4-14-10/h1-5H,6,12H2. The lowest BCUT2D eigenvalue weighted by atomic mass is 10.1. The van der Waals surface area contributed by atoms with Gasteiger partial charge in [-0.2, -0.15) is 0 Å². The molecule has 0 aliphatic heterocycles. The largest absolute Gasteiger partial charge is 0.445 e. The van der Waals surface area contributed by atoms with Crippen LogP contribution in [-0.4, -0.2) is 4.98 Å². The molecule has 0 aliphatic rings. The lowest BCUT2D eigenvalue weighted by Crippen LogP contribution is -1.97. The lowest BCUT2D eigenvalue weighted by Gasteiger charge is -2.02. The van der Waals surface area contributed by atoms with E-state index in [9.17, 15) is 0 Å². The van der Waals surface area contributed by atoms with Gasteiger partial charge in [-0.05, 0) is 23.8 Å². The molecule has 14 heavy (non-hydrogen) atoms. The van der Waals surface area contributed by atoms with E-state index in [2.05, 4.69) is 20.9 Å². The monoisotopic (exact) mass is 252 g/mol. The summed E-state index contributed by atoms with van der Waals surface area (Å²) >= 11 is 3.42. The predicted molar refractivity (Wildman–Crippen MR) is 57.5 cm³/mol. The highest BCUT2D eigenvalue weighted by molar-refractivity contribution is 9.10. The molecule has 2 N–H and O–H groups in total. The molecule has 0 unspecified atom stereocenters. The lowest BCUT2D eigenvalue weighted by molar-refractivity contribution is 0.574. The van der Waals surface area contributed by atoms with Crippen molar-refractivity contribution in [3.63, 3.8) is 0 Å². The van der Waals surface area contributed by atoms with Crippen LogP contribution in [-0.2, 0) is 6.54 Å². The number of aromatic nitrogens is 1. The summed E-state index contributed by atoms with van der Waals surface area (Å²) in [5, 5.41) is 0. The molecular weight excluding hydrogens is 244 g/mol. The fourth-order valence-corrected chi connectivity index (χ4v) is 1.64. The molecule has 1 aromatic heterocycles. The van der Waals surface area contributed by atoms with Crippen LogP contribution in [0.25, 0.3) is 11.5 Å². The first-order valence-electron chi connectivity index (χ1n) is 4.19. The van der Waals surface area contributed by atoms with Crippen LogP contribution in [0.5, 0.6) is 0 Å². The van der Waals surface area contributed by atoms with Crippen LogP contribution in [0, 0.1) is 0 Å². The van der Waals surface area contributed by atoms with Gasteiger partial charge in [0.1, 0.15) is 6.26 Å². The summed E-state index contributed by atoms with van der Waals surface area (Å²) in [4.78, 5) is 4.07. The van der Waals surface area contributed by atoms with Crippen molar-refractivity contribution in [1.82, 2.24) is 4.98 Å². The topological polar surface area (TPSA) is 52.0 Å². The highest BCUT2D eigenvalue weighted by Gasteiger charge is 2.05. The predicted octanol–water partition coefficient (Wildman–Crippen LogP) is 2.56. The summed E-state index contributed by atoms with van der Waals surface area (Å²) in [6.07, 6.45) is 3.18. The van der Waals surface area contributed by atoms with Crippen molar-refractivity contribution in [2.24, 2.45) is 5.73 Å². The molecule has 0 saturated carbocycles. The summed E-state index contributed by atoms with van der Waals surface area (Å²) in [6, 6.07) is 5.85. The first-order valence-corrected chi connectivity index (χ1v) is 4.99. The Morgan fingerprint density at radius 2 is 2.29 bits per heavy atom. The van der Waals surface area contributed by atoms with Crippen molar-refractivity contribution in [3.05, 3.63) is 40.7 Å². The maximum absolute atomic E-state index is 5.59. The highest BCUT2D eigenvalue weighted by atomic mass is 79.9. The zero-order chi connectivity index (χ0) is 9.97. The second-order valence-corrected chi connectivity index (χ2v) is 3.70. The third kappa shape index (κ3) is 1.71. The average molecular weight is 253 g/mol. The fourth-order valence-electron chi connectivity index (χ4n) is 1.23. The van der Waals surface area contributed by atoms with Crippen LogP contribution in [0.2, 0.25) is 0 Å². The molecule has 4 heteroatoms. The Balaban J connectivity index is 2.46.